The van der Waals surface area contributed by atoms with Crippen molar-refractivity contribution in [3.8, 4) is 5.69 Å². The van der Waals surface area contributed by atoms with Gasteiger partial charge >= 0.3 is 0 Å². The summed E-state index contributed by atoms with van der Waals surface area (Å²) in [7, 11) is 0. The normalized spacial score (nSPS) is 11.7. The fourth-order valence-electron chi connectivity index (χ4n) is 1.70. The standard InChI is InChI=1S/C13H17N3/c1-13(2,14)8-11-9-15-16(10-11)12-6-4-3-5-7-12/h3-7,9-10H,8,14H2,1-2H3. The van der Waals surface area contributed by atoms with Crippen molar-refractivity contribution >= 4 is 0 Å². The Hall–Kier alpha value is -1.61. The van der Waals surface area contributed by atoms with Gasteiger partial charge in [0.1, 0.15) is 0 Å². The lowest BCUT2D eigenvalue weighted by Crippen LogP contribution is -2.34. The van der Waals surface area contributed by atoms with E-state index in [0.29, 0.717) is 0 Å². The minimum absolute atomic E-state index is 0.190. The van der Waals surface area contributed by atoms with Gasteiger partial charge in [-0.25, -0.2) is 4.68 Å². The quantitative estimate of drug-likeness (QED) is 0.852. The lowest BCUT2D eigenvalue weighted by molar-refractivity contribution is 0.516. The second kappa shape index (κ2) is 4.10. The molecular weight excluding hydrogens is 198 g/mol. The van der Waals surface area contributed by atoms with Gasteiger partial charge in [-0.05, 0) is 38.0 Å². The summed E-state index contributed by atoms with van der Waals surface area (Å²) >= 11 is 0. The molecule has 0 spiro atoms. The van der Waals surface area contributed by atoms with E-state index in [9.17, 15) is 0 Å². The first-order valence-electron chi connectivity index (χ1n) is 5.42. The number of rotatable bonds is 3. The predicted molar refractivity (Wildman–Crippen MR) is 65.5 cm³/mol. The van der Waals surface area contributed by atoms with Crippen molar-refractivity contribution in [2.24, 2.45) is 5.73 Å². The fraction of sp³-hybridized carbons (Fsp3) is 0.308. The minimum atomic E-state index is -0.190. The van der Waals surface area contributed by atoms with E-state index in [4.69, 9.17) is 5.73 Å². The molecule has 0 amide bonds. The molecule has 0 bridgehead atoms. The Morgan fingerprint density at radius 3 is 2.56 bits per heavy atom. The van der Waals surface area contributed by atoms with Crippen LogP contribution in [-0.4, -0.2) is 15.3 Å². The van der Waals surface area contributed by atoms with Crippen LogP contribution in [0, 0.1) is 0 Å². The summed E-state index contributed by atoms with van der Waals surface area (Å²) in [6, 6.07) is 10.1. The molecule has 0 fully saturated rings. The Bertz CT molecular complexity index is 452. The van der Waals surface area contributed by atoms with Gasteiger partial charge in [-0.1, -0.05) is 18.2 Å². The molecule has 0 radical (unpaired) electrons. The van der Waals surface area contributed by atoms with Crippen molar-refractivity contribution in [1.82, 2.24) is 9.78 Å². The maximum Gasteiger partial charge on any atom is 0.0645 e. The van der Waals surface area contributed by atoms with Crippen LogP contribution >= 0.6 is 0 Å². The van der Waals surface area contributed by atoms with Crippen molar-refractivity contribution in [3.63, 3.8) is 0 Å². The molecule has 0 unspecified atom stereocenters. The zero-order valence-corrected chi connectivity index (χ0v) is 9.72. The first kappa shape index (κ1) is 10.9. The van der Waals surface area contributed by atoms with E-state index in [1.807, 2.05) is 61.3 Å². The van der Waals surface area contributed by atoms with Crippen molar-refractivity contribution in [3.05, 3.63) is 48.3 Å². The maximum atomic E-state index is 5.98. The van der Waals surface area contributed by atoms with Crippen LogP contribution in [-0.2, 0) is 6.42 Å². The Labute approximate surface area is 95.9 Å². The molecule has 3 heteroatoms. The molecule has 84 valence electrons. The Morgan fingerprint density at radius 2 is 1.94 bits per heavy atom. The molecular formula is C13H17N3. The lowest BCUT2D eigenvalue weighted by atomic mass is 9.99. The molecule has 0 atom stereocenters. The topological polar surface area (TPSA) is 43.8 Å². The van der Waals surface area contributed by atoms with Gasteiger partial charge in [0.2, 0.25) is 0 Å². The van der Waals surface area contributed by atoms with Crippen LogP contribution in [0.4, 0.5) is 0 Å². The van der Waals surface area contributed by atoms with Gasteiger partial charge in [0.05, 0.1) is 11.9 Å². The first-order valence-corrected chi connectivity index (χ1v) is 5.42. The lowest BCUT2D eigenvalue weighted by Gasteiger charge is -2.16. The molecule has 0 saturated heterocycles. The Balaban J connectivity index is 2.21. The zero-order chi connectivity index (χ0) is 11.6. The maximum absolute atomic E-state index is 5.98. The SMILES string of the molecule is CC(C)(N)Cc1cnn(-c2ccccc2)c1. The molecule has 2 rings (SSSR count). The molecule has 1 heterocycles. The number of hydrogen-bond acceptors (Lipinski definition) is 2. The van der Waals surface area contributed by atoms with Crippen molar-refractivity contribution in [1.29, 1.82) is 0 Å². The highest BCUT2D eigenvalue weighted by molar-refractivity contribution is 5.31. The number of para-hydroxylation sites is 1. The molecule has 0 aliphatic heterocycles. The molecule has 0 aliphatic carbocycles. The van der Waals surface area contributed by atoms with Crippen LogP contribution in [0.15, 0.2) is 42.7 Å². The second-order valence-corrected chi connectivity index (χ2v) is 4.79. The molecule has 1 aromatic carbocycles. The van der Waals surface area contributed by atoms with Crippen LogP contribution < -0.4 is 5.73 Å². The zero-order valence-electron chi connectivity index (χ0n) is 9.72. The van der Waals surface area contributed by atoms with E-state index in [2.05, 4.69) is 5.10 Å². The molecule has 0 saturated carbocycles. The van der Waals surface area contributed by atoms with Gasteiger partial charge in [-0.3, -0.25) is 0 Å². The average Bonchev–Trinajstić information content (AvgIpc) is 2.65. The highest BCUT2D eigenvalue weighted by atomic mass is 15.3. The summed E-state index contributed by atoms with van der Waals surface area (Å²) in [6.07, 6.45) is 4.74. The third kappa shape index (κ3) is 2.70. The van der Waals surface area contributed by atoms with Crippen LogP contribution in [0.2, 0.25) is 0 Å². The predicted octanol–water partition coefficient (Wildman–Crippen LogP) is 2.15. The highest BCUT2D eigenvalue weighted by Crippen LogP contribution is 2.12. The smallest absolute Gasteiger partial charge is 0.0645 e. The summed E-state index contributed by atoms with van der Waals surface area (Å²) in [4.78, 5) is 0. The molecule has 1 aromatic heterocycles. The summed E-state index contributed by atoms with van der Waals surface area (Å²) in [5, 5.41) is 4.33. The third-order valence-corrected chi connectivity index (χ3v) is 2.32. The van der Waals surface area contributed by atoms with Gasteiger partial charge in [0, 0.05) is 11.7 Å². The molecule has 3 nitrogen and oxygen atoms in total. The van der Waals surface area contributed by atoms with Crippen molar-refractivity contribution in [2.45, 2.75) is 25.8 Å². The van der Waals surface area contributed by atoms with Gasteiger partial charge < -0.3 is 5.73 Å². The number of aromatic nitrogens is 2. The van der Waals surface area contributed by atoms with Crippen molar-refractivity contribution in [2.75, 3.05) is 0 Å². The number of nitrogens with zero attached hydrogens (tertiary/aromatic N) is 2. The van der Waals surface area contributed by atoms with Crippen LogP contribution in [0.5, 0.6) is 0 Å². The van der Waals surface area contributed by atoms with Gasteiger partial charge in [0.15, 0.2) is 0 Å². The fourth-order valence-corrected chi connectivity index (χ4v) is 1.70. The van der Waals surface area contributed by atoms with E-state index in [1.165, 1.54) is 0 Å². The molecule has 16 heavy (non-hydrogen) atoms. The van der Waals surface area contributed by atoms with E-state index in [1.54, 1.807) is 0 Å². The minimum Gasteiger partial charge on any atom is -0.325 e. The molecule has 2 N–H and O–H groups in total. The van der Waals surface area contributed by atoms with Crippen LogP contribution in [0.3, 0.4) is 0 Å². The Morgan fingerprint density at radius 1 is 1.25 bits per heavy atom. The number of benzene rings is 1. The largest absolute Gasteiger partial charge is 0.325 e. The highest BCUT2D eigenvalue weighted by Gasteiger charge is 2.13. The Kier molecular flexibility index (Phi) is 2.79. The van der Waals surface area contributed by atoms with E-state index in [-0.39, 0.29) is 5.54 Å². The van der Waals surface area contributed by atoms with Crippen molar-refractivity contribution < 1.29 is 0 Å². The van der Waals surface area contributed by atoms with E-state index in [0.717, 1.165) is 17.7 Å². The van der Waals surface area contributed by atoms with Crippen LogP contribution in [0.1, 0.15) is 19.4 Å². The van der Waals surface area contributed by atoms with E-state index >= 15 is 0 Å². The van der Waals surface area contributed by atoms with Crippen LogP contribution in [0.25, 0.3) is 5.69 Å². The number of hydrogen-bond donors (Lipinski definition) is 1. The van der Waals surface area contributed by atoms with Gasteiger partial charge in [-0.15, -0.1) is 0 Å². The monoisotopic (exact) mass is 215 g/mol. The summed E-state index contributed by atoms with van der Waals surface area (Å²) < 4.78 is 1.88. The van der Waals surface area contributed by atoms with E-state index < -0.39 is 0 Å². The molecule has 2 aromatic rings. The second-order valence-electron chi connectivity index (χ2n) is 4.79. The first-order chi connectivity index (χ1) is 7.54. The summed E-state index contributed by atoms with van der Waals surface area (Å²) in [5.41, 5.74) is 8.02. The average molecular weight is 215 g/mol. The summed E-state index contributed by atoms with van der Waals surface area (Å²) in [6.45, 7) is 4.04. The summed E-state index contributed by atoms with van der Waals surface area (Å²) in [5.74, 6) is 0. The van der Waals surface area contributed by atoms with Gasteiger partial charge in [-0.2, -0.15) is 5.10 Å². The number of nitrogens with two attached hydrogens (primary N) is 1. The molecule has 0 aliphatic rings. The van der Waals surface area contributed by atoms with Gasteiger partial charge in [0.25, 0.3) is 0 Å². The third-order valence-electron chi connectivity index (χ3n) is 2.32.